The van der Waals surface area contributed by atoms with E-state index in [1.165, 1.54) is 19.3 Å². The summed E-state index contributed by atoms with van der Waals surface area (Å²) in [5, 5.41) is 9.37. The maximum atomic E-state index is 13.1. The van der Waals surface area contributed by atoms with E-state index in [4.69, 9.17) is 0 Å². The van der Waals surface area contributed by atoms with Crippen LogP contribution >= 0.6 is 0 Å². The van der Waals surface area contributed by atoms with E-state index in [0.717, 1.165) is 6.07 Å². The van der Waals surface area contributed by atoms with Crippen molar-refractivity contribution in [3.8, 4) is 5.75 Å². The molecular weight excluding hydrogens is 190 g/mol. The molecule has 1 rings (SSSR count). The number of ether oxygens (including phenoxy) is 1. The molecule has 0 aromatic heterocycles. The lowest BCUT2D eigenvalue weighted by atomic mass is 10.1. The molecule has 0 spiro atoms. The number of hydrogen-bond acceptors (Lipinski definition) is 2. The molecule has 0 saturated heterocycles. The van der Waals surface area contributed by atoms with Gasteiger partial charge in [-0.1, -0.05) is 6.08 Å². The van der Waals surface area contributed by atoms with Gasteiger partial charge >= 0.3 is 0 Å². The van der Waals surface area contributed by atoms with Crippen molar-refractivity contribution in [1.29, 1.82) is 0 Å². The van der Waals surface area contributed by atoms with Gasteiger partial charge < -0.3 is 9.84 Å². The van der Waals surface area contributed by atoms with E-state index in [0.29, 0.717) is 0 Å². The number of benzene rings is 1. The van der Waals surface area contributed by atoms with E-state index < -0.39 is 17.7 Å². The number of rotatable bonds is 3. The van der Waals surface area contributed by atoms with E-state index in [1.807, 2.05) is 0 Å². The second kappa shape index (κ2) is 4.19. The maximum absolute atomic E-state index is 13.1. The SMILES string of the molecule is C=CC(O)c1ccc(F)c(F)c1OC. The molecule has 1 aromatic carbocycles. The van der Waals surface area contributed by atoms with Crippen LogP contribution in [0.3, 0.4) is 0 Å². The molecule has 2 nitrogen and oxygen atoms in total. The summed E-state index contributed by atoms with van der Waals surface area (Å²) in [7, 11) is 1.21. The van der Waals surface area contributed by atoms with E-state index in [1.54, 1.807) is 0 Å². The number of hydrogen-bond donors (Lipinski definition) is 1. The molecule has 4 heteroatoms. The summed E-state index contributed by atoms with van der Waals surface area (Å²) in [6.07, 6.45) is 0.134. The number of halogens is 2. The summed E-state index contributed by atoms with van der Waals surface area (Å²) in [6.45, 7) is 3.34. The van der Waals surface area contributed by atoms with Gasteiger partial charge in [0.05, 0.1) is 7.11 Å². The van der Waals surface area contributed by atoms with Crippen molar-refractivity contribution in [2.24, 2.45) is 0 Å². The molecule has 1 atom stereocenters. The summed E-state index contributed by atoms with van der Waals surface area (Å²) in [4.78, 5) is 0. The quantitative estimate of drug-likeness (QED) is 0.758. The molecule has 0 bridgehead atoms. The fourth-order valence-electron chi connectivity index (χ4n) is 1.11. The highest BCUT2D eigenvalue weighted by molar-refractivity contribution is 5.38. The van der Waals surface area contributed by atoms with Crippen LogP contribution in [0.25, 0.3) is 0 Å². The van der Waals surface area contributed by atoms with Gasteiger partial charge in [0.2, 0.25) is 5.82 Å². The van der Waals surface area contributed by atoms with Crippen molar-refractivity contribution in [3.63, 3.8) is 0 Å². The van der Waals surface area contributed by atoms with Crippen molar-refractivity contribution < 1.29 is 18.6 Å². The van der Waals surface area contributed by atoms with Crippen molar-refractivity contribution in [1.82, 2.24) is 0 Å². The van der Waals surface area contributed by atoms with Gasteiger partial charge in [0, 0.05) is 5.56 Å². The third kappa shape index (κ3) is 1.75. The Morgan fingerprint density at radius 3 is 2.64 bits per heavy atom. The Kier molecular flexibility index (Phi) is 3.19. The molecule has 0 aliphatic carbocycles. The Bertz CT molecular complexity index is 350. The van der Waals surface area contributed by atoms with Crippen LogP contribution in [0.4, 0.5) is 8.78 Å². The Hall–Kier alpha value is -1.42. The Morgan fingerprint density at radius 1 is 1.50 bits per heavy atom. The minimum Gasteiger partial charge on any atom is -0.493 e. The molecular formula is C10H10F2O2. The van der Waals surface area contributed by atoms with E-state index in [-0.39, 0.29) is 11.3 Å². The van der Waals surface area contributed by atoms with Crippen LogP contribution in [0.1, 0.15) is 11.7 Å². The fourth-order valence-corrected chi connectivity index (χ4v) is 1.11. The van der Waals surface area contributed by atoms with Crippen LogP contribution in [0, 0.1) is 11.6 Å². The smallest absolute Gasteiger partial charge is 0.200 e. The lowest BCUT2D eigenvalue weighted by Crippen LogP contribution is -2.01. The molecule has 76 valence electrons. The van der Waals surface area contributed by atoms with Crippen LogP contribution in [0.15, 0.2) is 24.8 Å². The summed E-state index contributed by atoms with van der Waals surface area (Å²) in [5.41, 5.74) is 0.154. The number of methoxy groups -OCH3 is 1. The lowest BCUT2D eigenvalue weighted by Gasteiger charge is -2.12. The monoisotopic (exact) mass is 200 g/mol. The molecule has 0 amide bonds. The first-order valence-corrected chi connectivity index (χ1v) is 3.94. The molecule has 0 aliphatic heterocycles. The zero-order chi connectivity index (χ0) is 10.7. The minimum absolute atomic E-state index is 0.154. The molecule has 0 aliphatic rings. The molecule has 0 fully saturated rings. The van der Waals surface area contributed by atoms with Crippen LogP contribution in [0.2, 0.25) is 0 Å². The Labute approximate surface area is 80.4 Å². The van der Waals surface area contributed by atoms with Gasteiger partial charge in [-0.25, -0.2) is 4.39 Å². The van der Waals surface area contributed by atoms with Gasteiger partial charge in [-0.15, -0.1) is 6.58 Å². The molecule has 1 unspecified atom stereocenters. The highest BCUT2D eigenvalue weighted by Crippen LogP contribution is 2.29. The van der Waals surface area contributed by atoms with Crippen molar-refractivity contribution in [3.05, 3.63) is 42.0 Å². The van der Waals surface area contributed by atoms with Gasteiger partial charge in [-0.3, -0.25) is 0 Å². The first-order valence-electron chi connectivity index (χ1n) is 3.94. The fraction of sp³-hybridized carbons (Fsp3) is 0.200. The van der Waals surface area contributed by atoms with Crippen molar-refractivity contribution in [2.45, 2.75) is 6.10 Å². The standard InChI is InChI=1S/C10H10F2O2/c1-3-8(13)6-4-5-7(11)9(12)10(6)14-2/h3-5,8,13H,1H2,2H3. The number of aliphatic hydroxyl groups is 1. The summed E-state index contributed by atoms with van der Waals surface area (Å²) < 4.78 is 30.5. The van der Waals surface area contributed by atoms with E-state index in [2.05, 4.69) is 11.3 Å². The average Bonchev–Trinajstić information content (AvgIpc) is 2.20. The molecule has 14 heavy (non-hydrogen) atoms. The first kappa shape index (κ1) is 10.7. The highest BCUT2D eigenvalue weighted by Gasteiger charge is 2.17. The van der Waals surface area contributed by atoms with Crippen LogP contribution < -0.4 is 4.74 Å². The topological polar surface area (TPSA) is 29.5 Å². The summed E-state index contributed by atoms with van der Waals surface area (Å²) in [5.74, 6) is -2.41. The third-order valence-corrected chi connectivity index (χ3v) is 1.83. The predicted octanol–water partition coefficient (Wildman–Crippen LogP) is 2.19. The summed E-state index contributed by atoms with van der Waals surface area (Å²) >= 11 is 0. The van der Waals surface area contributed by atoms with E-state index >= 15 is 0 Å². The second-order valence-electron chi connectivity index (χ2n) is 2.66. The highest BCUT2D eigenvalue weighted by atomic mass is 19.2. The van der Waals surface area contributed by atoms with Crippen molar-refractivity contribution in [2.75, 3.05) is 7.11 Å². The Morgan fingerprint density at radius 2 is 2.14 bits per heavy atom. The largest absolute Gasteiger partial charge is 0.493 e. The van der Waals surface area contributed by atoms with Gasteiger partial charge in [-0.2, -0.15) is 4.39 Å². The Balaban J connectivity index is 3.30. The van der Waals surface area contributed by atoms with Gasteiger partial charge in [0.25, 0.3) is 0 Å². The maximum Gasteiger partial charge on any atom is 0.200 e. The molecule has 0 saturated carbocycles. The van der Waals surface area contributed by atoms with Crippen LogP contribution in [-0.2, 0) is 0 Å². The predicted molar refractivity (Wildman–Crippen MR) is 48.1 cm³/mol. The van der Waals surface area contributed by atoms with Gasteiger partial charge in [0.1, 0.15) is 6.10 Å². The van der Waals surface area contributed by atoms with Crippen molar-refractivity contribution >= 4 is 0 Å². The molecule has 1 N–H and O–H groups in total. The average molecular weight is 200 g/mol. The zero-order valence-electron chi connectivity index (χ0n) is 7.63. The first-order chi connectivity index (χ1) is 6.61. The molecule has 1 aromatic rings. The number of aliphatic hydroxyl groups excluding tert-OH is 1. The van der Waals surface area contributed by atoms with E-state index in [9.17, 15) is 13.9 Å². The van der Waals surface area contributed by atoms with Gasteiger partial charge in [-0.05, 0) is 12.1 Å². The molecule has 0 heterocycles. The normalized spacial score (nSPS) is 12.3. The van der Waals surface area contributed by atoms with Crippen LogP contribution in [-0.4, -0.2) is 12.2 Å². The second-order valence-corrected chi connectivity index (χ2v) is 2.66. The third-order valence-electron chi connectivity index (χ3n) is 1.83. The molecule has 0 radical (unpaired) electrons. The lowest BCUT2D eigenvalue weighted by molar-refractivity contribution is 0.220. The summed E-state index contributed by atoms with van der Waals surface area (Å²) in [6, 6.07) is 2.18. The van der Waals surface area contributed by atoms with Gasteiger partial charge in [0.15, 0.2) is 11.6 Å². The van der Waals surface area contributed by atoms with Crippen LogP contribution in [0.5, 0.6) is 5.75 Å². The zero-order valence-corrected chi connectivity index (χ0v) is 7.63. The minimum atomic E-state index is -1.11.